The molecule has 1 aliphatic carbocycles. The van der Waals surface area contributed by atoms with Crippen LogP contribution in [0.5, 0.6) is 0 Å². The Balaban J connectivity index is 2.00. The normalized spacial score (nSPS) is 27.8. The van der Waals surface area contributed by atoms with E-state index in [1.54, 1.807) is 0 Å². The minimum absolute atomic E-state index is 0.169. The summed E-state index contributed by atoms with van der Waals surface area (Å²) < 4.78 is 22.7. The Hall–Kier alpha value is -0.620. The molecule has 1 aliphatic heterocycles. The van der Waals surface area contributed by atoms with Crippen LogP contribution in [0.3, 0.4) is 0 Å². The van der Waals surface area contributed by atoms with E-state index in [-0.39, 0.29) is 11.5 Å². The molecule has 5 nitrogen and oxygen atoms in total. The van der Waals surface area contributed by atoms with Crippen LogP contribution in [-0.2, 0) is 14.6 Å². The molecule has 0 amide bonds. The fourth-order valence-corrected chi connectivity index (χ4v) is 4.28. The van der Waals surface area contributed by atoms with Crippen molar-refractivity contribution in [1.82, 2.24) is 4.90 Å². The SMILES string of the molecule is O=C(O)C1(CN2CCS(=O)(=O)CC2)CCCCC1. The van der Waals surface area contributed by atoms with Crippen LogP contribution in [0.4, 0.5) is 0 Å². The van der Waals surface area contributed by atoms with E-state index in [1.165, 1.54) is 0 Å². The Bertz CT molecular complexity index is 398. The second kappa shape index (κ2) is 5.17. The van der Waals surface area contributed by atoms with Crippen LogP contribution in [0.1, 0.15) is 32.1 Å². The van der Waals surface area contributed by atoms with Gasteiger partial charge in [0.15, 0.2) is 9.84 Å². The van der Waals surface area contributed by atoms with E-state index >= 15 is 0 Å². The smallest absolute Gasteiger partial charge is 0.310 e. The molecule has 0 unspecified atom stereocenters. The number of hydrogen-bond acceptors (Lipinski definition) is 4. The highest BCUT2D eigenvalue weighted by molar-refractivity contribution is 7.91. The molecule has 1 saturated heterocycles. The molecule has 104 valence electrons. The van der Waals surface area contributed by atoms with Gasteiger partial charge in [0.25, 0.3) is 0 Å². The molecule has 1 saturated carbocycles. The van der Waals surface area contributed by atoms with Gasteiger partial charge in [-0.25, -0.2) is 8.42 Å². The van der Waals surface area contributed by atoms with Gasteiger partial charge in [0, 0.05) is 19.6 Å². The van der Waals surface area contributed by atoms with Crippen molar-refractivity contribution in [2.45, 2.75) is 32.1 Å². The standard InChI is InChI=1S/C12H21NO4S/c14-11(15)12(4-2-1-3-5-12)10-13-6-8-18(16,17)9-7-13/h1-10H2,(H,14,15). The third-order valence-corrected chi connectivity index (χ3v) is 5.84. The van der Waals surface area contributed by atoms with Crippen molar-refractivity contribution in [2.75, 3.05) is 31.1 Å². The highest BCUT2D eigenvalue weighted by atomic mass is 32.2. The first-order chi connectivity index (χ1) is 8.44. The van der Waals surface area contributed by atoms with E-state index < -0.39 is 21.2 Å². The van der Waals surface area contributed by atoms with Crippen molar-refractivity contribution in [3.8, 4) is 0 Å². The molecule has 18 heavy (non-hydrogen) atoms. The molecule has 0 aromatic rings. The van der Waals surface area contributed by atoms with E-state index in [1.807, 2.05) is 4.90 Å². The summed E-state index contributed by atoms with van der Waals surface area (Å²) in [5, 5.41) is 9.48. The molecule has 0 radical (unpaired) electrons. The molecule has 2 fully saturated rings. The fourth-order valence-electron chi connectivity index (χ4n) is 3.00. The lowest BCUT2D eigenvalue weighted by molar-refractivity contribution is -0.152. The molecule has 1 N–H and O–H groups in total. The van der Waals surface area contributed by atoms with E-state index in [4.69, 9.17) is 0 Å². The van der Waals surface area contributed by atoms with Crippen molar-refractivity contribution in [3.05, 3.63) is 0 Å². The molecule has 0 spiro atoms. The molecule has 0 atom stereocenters. The van der Waals surface area contributed by atoms with Crippen LogP contribution < -0.4 is 0 Å². The van der Waals surface area contributed by atoms with E-state index in [2.05, 4.69) is 0 Å². The third-order valence-electron chi connectivity index (χ3n) is 4.23. The van der Waals surface area contributed by atoms with Crippen molar-refractivity contribution >= 4 is 15.8 Å². The number of nitrogens with zero attached hydrogens (tertiary/aromatic N) is 1. The van der Waals surface area contributed by atoms with Crippen LogP contribution >= 0.6 is 0 Å². The molecule has 6 heteroatoms. The van der Waals surface area contributed by atoms with Crippen molar-refractivity contribution < 1.29 is 18.3 Å². The lowest BCUT2D eigenvalue weighted by atomic mass is 9.73. The quantitative estimate of drug-likeness (QED) is 0.822. The van der Waals surface area contributed by atoms with Gasteiger partial charge in [-0.05, 0) is 12.8 Å². The topological polar surface area (TPSA) is 74.7 Å². The monoisotopic (exact) mass is 275 g/mol. The summed E-state index contributed by atoms with van der Waals surface area (Å²) in [5.74, 6) is -0.374. The minimum Gasteiger partial charge on any atom is -0.481 e. The van der Waals surface area contributed by atoms with Crippen molar-refractivity contribution in [2.24, 2.45) is 5.41 Å². The van der Waals surface area contributed by atoms with Gasteiger partial charge in [0.1, 0.15) is 0 Å². The average Bonchev–Trinajstić information content (AvgIpc) is 2.33. The zero-order valence-corrected chi connectivity index (χ0v) is 11.4. The second-order valence-electron chi connectivity index (χ2n) is 5.57. The average molecular weight is 275 g/mol. The van der Waals surface area contributed by atoms with Crippen LogP contribution in [0.25, 0.3) is 0 Å². The van der Waals surface area contributed by atoms with E-state index in [0.717, 1.165) is 32.1 Å². The zero-order valence-electron chi connectivity index (χ0n) is 10.6. The zero-order chi connectivity index (χ0) is 13.2. The first-order valence-electron chi connectivity index (χ1n) is 6.60. The highest BCUT2D eigenvalue weighted by Gasteiger charge is 2.41. The van der Waals surface area contributed by atoms with Gasteiger partial charge >= 0.3 is 5.97 Å². The molecule has 2 aliphatic rings. The van der Waals surface area contributed by atoms with Gasteiger partial charge in [-0.15, -0.1) is 0 Å². The number of carboxylic acid groups (broad SMARTS) is 1. The largest absolute Gasteiger partial charge is 0.481 e. The maximum Gasteiger partial charge on any atom is 0.310 e. The predicted octanol–water partition coefficient (Wildman–Crippen LogP) is 0.752. The Kier molecular flexibility index (Phi) is 3.96. The van der Waals surface area contributed by atoms with Crippen LogP contribution in [0.2, 0.25) is 0 Å². The lowest BCUT2D eigenvalue weighted by Crippen LogP contribution is -2.49. The summed E-state index contributed by atoms with van der Waals surface area (Å²) >= 11 is 0. The van der Waals surface area contributed by atoms with Crippen LogP contribution in [-0.4, -0.2) is 55.5 Å². The summed E-state index contributed by atoms with van der Waals surface area (Å²) in [7, 11) is -2.89. The summed E-state index contributed by atoms with van der Waals surface area (Å²) in [5.41, 5.74) is -0.640. The maximum absolute atomic E-state index is 11.5. The molecule has 0 aromatic carbocycles. The number of hydrogen-bond donors (Lipinski definition) is 1. The van der Waals surface area contributed by atoms with Crippen LogP contribution in [0.15, 0.2) is 0 Å². The highest BCUT2D eigenvalue weighted by Crippen LogP contribution is 2.37. The molecule has 0 bridgehead atoms. The van der Waals surface area contributed by atoms with E-state index in [0.29, 0.717) is 19.6 Å². The molecule has 2 rings (SSSR count). The Labute approximate surface area is 108 Å². The number of aliphatic carboxylic acids is 1. The Morgan fingerprint density at radius 1 is 1.11 bits per heavy atom. The Morgan fingerprint density at radius 2 is 1.67 bits per heavy atom. The minimum atomic E-state index is -2.89. The van der Waals surface area contributed by atoms with Gasteiger partial charge in [0.2, 0.25) is 0 Å². The summed E-state index contributed by atoms with van der Waals surface area (Å²) in [6, 6.07) is 0. The van der Waals surface area contributed by atoms with Gasteiger partial charge < -0.3 is 10.0 Å². The van der Waals surface area contributed by atoms with Gasteiger partial charge in [-0.3, -0.25) is 4.79 Å². The molecular formula is C12H21NO4S. The van der Waals surface area contributed by atoms with Gasteiger partial charge in [0.05, 0.1) is 16.9 Å². The first-order valence-corrected chi connectivity index (χ1v) is 8.42. The first kappa shape index (κ1) is 13.8. The number of carboxylic acids is 1. The van der Waals surface area contributed by atoms with E-state index in [9.17, 15) is 18.3 Å². The predicted molar refractivity (Wildman–Crippen MR) is 68.2 cm³/mol. The number of carbonyl (C=O) groups is 1. The van der Waals surface area contributed by atoms with Gasteiger partial charge in [-0.2, -0.15) is 0 Å². The Morgan fingerprint density at radius 3 is 2.17 bits per heavy atom. The summed E-state index contributed by atoms with van der Waals surface area (Å²) in [6.45, 7) is 1.48. The summed E-state index contributed by atoms with van der Waals surface area (Å²) in [6.07, 6.45) is 4.51. The van der Waals surface area contributed by atoms with Crippen LogP contribution in [0, 0.1) is 5.41 Å². The lowest BCUT2D eigenvalue weighted by Gasteiger charge is -2.39. The van der Waals surface area contributed by atoms with Crippen molar-refractivity contribution in [1.29, 1.82) is 0 Å². The molecule has 0 aromatic heterocycles. The number of sulfone groups is 1. The third kappa shape index (κ3) is 3.03. The van der Waals surface area contributed by atoms with Crippen molar-refractivity contribution in [3.63, 3.8) is 0 Å². The maximum atomic E-state index is 11.5. The number of rotatable bonds is 3. The van der Waals surface area contributed by atoms with Gasteiger partial charge in [-0.1, -0.05) is 19.3 Å². The summed E-state index contributed by atoms with van der Waals surface area (Å²) in [4.78, 5) is 13.5. The fraction of sp³-hybridized carbons (Fsp3) is 0.917. The second-order valence-corrected chi connectivity index (χ2v) is 7.88. The molecular weight excluding hydrogens is 254 g/mol. The molecule has 1 heterocycles.